The lowest BCUT2D eigenvalue weighted by Gasteiger charge is -2.10. The summed E-state index contributed by atoms with van der Waals surface area (Å²) in [5, 5.41) is 16.7. The van der Waals surface area contributed by atoms with Gasteiger partial charge in [0.25, 0.3) is 0 Å². The Balaban J connectivity index is 2.15. The van der Waals surface area contributed by atoms with E-state index in [0.29, 0.717) is 12.1 Å². The van der Waals surface area contributed by atoms with Crippen LogP contribution in [0.1, 0.15) is 34.1 Å². The number of anilines is 1. The lowest BCUT2D eigenvalue weighted by molar-refractivity contribution is 0.0697. The summed E-state index contributed by atoms with van der Waals surface area (Å²) in [4.78, 5) is 11.0. The van der Waals surface area contributed by atoms with Gasteiger partial charge in [-0.3, -0.25) is 4.68 Å². The predicted octanol–water partition coefficient (Wildman–Crippen LogP) is 2.83. The predicted molar refractivity (Wildman–Crippen MR) is 78.1 cm³/mol. The average Bonchev–Trinajstić information content (AvgIpc) is 2.78. The summed E-state index contributed by atoms with van der Waals surface area (Å²) in [5.74, 6) is -0.914. The van der Waals surface area contributed by atoms with Gasteiger partial charge < -0.3 is 10.4 Å². The Morgan fingerprint density at radius 3 is 2.75 bits per heavy atom. The summed E-state index contributed by atoms with van der Waals surface area (Å²) < 4.78 is 1.90. The normalized spacial score (nSPS) is 10.6. The highest BCUT2D eigenvalue weighted by Gasteiger charge is 2.08. The van der Waals surface area contributed by atoms with E-state index < -0.39 is 5.97 Å². The Labute approximate surface area is 118 Å². The molecule has 0 spiro atoms. The number of benzene rings is 1. The number of rotatable bonds is 5. The van der Waals surface area contributed by atoms with Crippen LogP contribution in [0.5, 0.6) is 0 Å². The maximum Gasteiger partial charge on any atom is 0.335 e. The van der Waals surface area contributed by atoms with Crippen molar-refractivity contribution >= 4 is 11.7 Å². The van der Waals surface area contributed by atoms with Crippen molar-refractivity contribution in [3.8, 4) is 0 Å². The molecule has 1 heterocycles. The number of hydrogen-bond acceptors (Lipinski definition) is 3. The van der Waals surface area contributed by atoms with E-state index >= 15 is 0 Å². The van der Waals surface area contributed by atoms with Crippen LogP contribution >= 0.6 is 0 Å². The first-order valence-corrected chi connectivity index (χ1v) is 6.62. The molecule has 0 saturated heterocycles. The maximum atomic E-state index is 11.0. The van der Waals surface area contributed by atoms with Gasteiger partial charge in [0.05, 0.1) is 11.3 Å². The molecule has 5 nitrogen and oxygen atoms in total. The quantitative estimate of drug-likeness (QED) is 0.879. The Bertz CT molecular complexity index is 632. The van der Waals surface area contributed by atoms with E-state index in [0.717, 1.165) is 29.1 Å². The summed E-state index contributed by atoms with van der Waals surface area (Å²) in [7, 11) is 0. The molecule has 2 aromatic rings. The molecule has 2 rings (SSSR count). The van der Waals surface area contributed by atoms with Gasteiger partial charge in [-0.15, -0.1) is 0 Å². The summed E-state index contributed by atoms with van der Waals surface area (Å²) in [6.45, 7) is 7.45. The van der Waals surface area contributed by atoms with Crippen LogP contribution in [0.15, 0.2) is 24.4 Å². The molecule has 20 heavy (non-hydrogen) atoms. The number of carboxylic acid groups (broad SMARTS) is 1. The number of carboxylic acids is 1. The van der Waals surface area contributed by atoms with Crippen molar-refractivity contribution in [1.82, 2.24) is 9.78 Å². The molecular formula is C15H19N3O2. The van der Waals surface area contributed by atoms with Gasteiger partial charge in [-0.2, -0.15) is 5.10 Å². The molecule has 0 fully saturated rings. The highest BCUT2D eigenvalue weighted by Crippen LogP contribution is 2.18. The van der Waals surface area contributed by atoms with E-state index in [1.54, 1.807) is 12.1 Å². The molecule has 106 valence electrons. The SMILES string of the molecule is CCn1cc(CNc2cc(C(=O)O)ccc2C)c(C)n1. The van der Waals surface area contributed by atoms with E-state index in [1.165, 1.54) is 0 Å². The first-order valence-electron chi connectivity index (χ1n) is 6.62. The topological polar surface area (TPSA) is 67.2 Å². The molecule has 1 aromatic heterocycles. The molecule has 0 aliphatic heterocycles. The molecule has 1 aromatic carbocycles. The first-order chi connectivity index (χ1) is 9.51. The van der Waals surface area contributed by atoms with Crippen molar-refractivity contribution in [1.29, 1.82) is 0 Å². The monoisotopic (exact) mass is 273 g/mol. The van der Waals surface area contributed by atoms with Gasteiger partial charge in [0.15, 0.2) is 0 Å². The van der Waals surface area contributed by atoms with Crippen LogP contribution in [0.3, 0.4) is 0 Å². The Kier molecular flexibility index (Phi) is 4.08. The van der Waals surface area contributed by atoms with Gasteiger partial charge in [0, 0.05) is 30.5 Å². The van der Waals surface area contributed by atoms with E-state index in [9.17, 15) is 4.79 Å². The standard InChI is InChI=1S/C15H19N3O2/c1-4-18-9-13(11(3)17-18)8-16-14-7-12(15(19)20)6-5-10(14)2/h5-7,9,16H,4,8H2,1-3H3,(H,19,20). The van der Waals surface area contributed by atoms with Crippen molar-refractivity contribution in [3.05, 3.63) is 46.8 Å². The second-order valence-electron chi connectivity index (χ2n) is 4.78. The van der Waals surface area contributed by atoms with Gasteiger partial charge in [-0.1, -0.05) is 6.07 Å². The van der Waals surface area contributed by atoms with Crippen LogP contribution in [0.4, 0.5) is 5.69 Å². The van der Waals surface area contributed by atoms with Gasteiger partial charge in [0.2, 0.25) is 0 Å². The molecule has 5 heteroatoms. The fraction of sp³-hybridized carbons (Fsp3) is 0.333. The zero-order chi connectivity index (χ0) is 14.7. The van der Waals surface area contributed by atoms with Crippen LogP contribution in [0, 0.1) is 13.8 Å². The Morgan fingerprint density at radius 2 is 2.15 bits per heavy atom. The van der Waals surface area contributed by atoms with Gasteiger partial charge in [-0.05, 0) is 38.5 Å². The first kappa shape index (κ1) is 14.1. The maximum absolute atomic E-state index is 11.0. The van der Waals surface area contributed by atoms with Crippen LogP contribution in [0.25, 0.3) is 0 Å². The molecule has 0 aliphatic rings. The third kappa shape index (κ3) is 2.99. The van der Waals surface area contributed by atoms with Crippen molar-refractivity contribution in [2.24, 2.45) is 0 Å². The molecule has 2 N–H and O–H groups in total. The van der Waals surface area contributed by atoms with Crippen LogP contribution < -0.4 is 5.32 Å². The zero-order valence-electron chi connectivity index (χ0n) is 12.0. The van der Waals surface area contributed by atoms with Crippen LogP contribution in [-0.4, -0.2) is 20.9 Å². The zero-order valence-corrected chi connectivity index (χ0v) is 12.0. The number of carbonyl (C=O) groups is 1. The van der Waals surface area contributed by atoms with E-state index in [-0.39, 0.29) is 0 Å². The van der Waals surface area contributed by atoms with Gasteiger partial charge >= 0.3 is 5.97 Å². The summed E-state index contributed by atoms with van der Waals surface area (Å²) in [5.41, 5.74) is 4.27. The lowest BCUT2D eigenvalue weighted by Crippen LogP contribution is -2.04. The number of hydrogen-bond donors (Lipinski definition) is 2. The van der Waals surface area contributed by atoms with Crippen molar-refractivity contribution in [2.45, 2.75) is 33.9 Å². The van der Waals surface area contributed by atoms with E-state index in [4.69, 9.17) is 5.11 Å². The molecule has 0 aliphatic carbocycles. The number of aromatic carboxylic acids is 1. The average molecular weight is 273 g/mol. The number of nitrogens with one attached hydrogen (secondary N) is 1. The van der Waals surface area contributed by atoms with E-state index in [2.05, 4.69) is 10.4 Å². The van der Waals surface area contributed by atoms with Crippen molar-refractivity contribution in [2.75, 3.05) is 5.32 Å². The van der Waals surface area contributed by atoms with Crippen molar-refractivity contribution in [3.63, 3.8) is 0 Å². The third-order valence-electron chi connectivity index (χ3n) is 3.33. The largest absolute Gasteiger partial charge is 0.478 e. The van der Waals surface area contributed by atoms with Gasteiger partial charge in [0.1, 0.15) is 0 Å². The molecule has 0 bridgehead atoms. The highest BCUT2D eigenvalue weighted by atomic mass is 16.4. The third-order valence-corrected chi connectivity index (χ3v) is 3.33. The number of aryl methyl sites for hydroxylation is 3. The number of aromatic nitrogens is 2. The van der Waals surface area contributed by atoms with Crippen LogP contribution in [0.2, 0.25) is 0 Å². The fourth-order valence-electron chi connectivity index (χ4n) is 2.03. The number of nitrogens with zero attached hydrogens (tertiary/aromatic N) is 2. The summed E-state index contributed by atoms with van der Waals surface area (Å²) >= 11 is 0. The Morgan fingerprint density at radius 1 is 1.40 bits per heavy atom. The minimum absolute atomic E-state index is 0.291. The minimum Gasteiger partial charge on any atom is -0.478 e. The Hall–Kier alpha value is -2.30. The second-order valence-corrected chi connectivity index (χ2v) is 4.78. The molecule has 0 atom stereocenters. The minimum atomic E-state index is -0.914. The fourth-order valence-corrected chi connectivity index (χ4v) is 2.03. The molecule has 0 amide bonds. The van der Waals surface area contributed by atoms with Gasteiger partial charge in [-0.25, -0.2) is 4.79 Å². The van der Waals surface area contributed by atoms with E-state index in [1.807, 2.05) is 37.7 Å². The lowest BCUT2D eigenvalue weighted by atomic mass is 10.1. The summed E-state index contributed by atoms with van der Waals surface area (Å²) in [6.07, 6.45) is 2.01. The molecular weight excluding hydrogens is 254 g/mol. The smallest absolute Gasteiger partial charge is 0.335 e. The molecule has 0 saturated carbocycles. The van der Waals surface area contributed by atoms with Crippen LogP contribution in [-0.2, 0) is 13.1 Å². The molecule has 0 unspecified atom stereocenters. The molecule has 0 radical (unpaired) electrons. The summed E-state index contributed by atoms with van der Waals surface area (Å²) in [6, 6.07) is 5.09. The second kappa shape index (κ2) is 5.77. The highest BCUT2D eigenvalue weighted by molar-refractivity contribution is 5.89. The van der Waals surface area contributed by atoms with Crippen molar-refractivity contribution < 1.29 is 9.90 Å².